The number of ether oxygens (including phenoxy) is 2. The summed E-state index contributed by atoms with van der Waals surface area (Å²) in [6, 6.07) is 8.31. The number of nitrogens with zero attached hydrogens (tertiary/aromatic N) is 5. The van der Waals surface area contributed by atoms with Gasteiger partial charge < -0.3 is 14.8 Å². The van der Waals surface area contributed by atoms with Crippen LogP contribution in [0.2, 0.25) is 0 Å². The van der Waals surface area contributed by atoms with E-state index in [2.05, 4.69) is 31.6 Å². The molecule has 0 amide bonds. The van der Waals surface area contributed by atoms with Gasteiger partial charge in [0, 0.05) is 11.6 Å². The fraction of sp³-hybridized carbons (Fsp3) is 0.348. The number of benzene rings is 1. The van der Waals surface area contributed by atoms with Gasteiger partial charge in [0.25, 0.3) is 0 Å². The number of fused-ring (bicyclic) bond motifs is 1. The highest BCUT2D eigenvalue weighted by atomic mass is 16.5. The molecule has 2 aromatic heterocycles. The van der Waals surface area contributed by atoms with Gasteiger partial charge in [0.05, 0.1) is 24.7 Å². The molecule has 3 aliphatic carbocycles. The van der Waals surface area contributed by atoms with Crippen molar-refractivity contribution in [3.05, 3.63) is 34.9 Å². The first-order valence-corrected chi connectivity index (χ1v) is 10.2. The van der Waals surface area contributed by atoms with E-state index < -0.39 is 0 Å². The molecule has 6 rings (SSSR count). The van der Waals surface area contributed by atoms with Crippen LogP contribution in [0.5, 0.6) is 17.5 Å². The Labute approximate surface area is 184 Å². The van der Waals surface area contributed by atoms with Gasteiger partial charge in [-0.2, -0.15) is 20.5 Å². The molecule has 160 valence electrons. The van der Waals surface area contributed by atoms with Crippen molar-refractivity contribution in [1.29, 1.82) is 10.5 Å². The van der Waals surface area contributed by atoms with Gasteiger partial charge in [0.2, 0.25) is 17.7 Å². The van der Waals surface area contributed by atoms with E-state index in [1.165, 1.54) is 13.2 Å². The maximum Gasteiger partial charge on any atom is 0.247 e. The Morgan fingerprint density at radius 1 is 1.12 bits per heavy atom. The zero-order valence-corrected chi connectivity index (χ0v) is 18.0. The van der Waals surface area contributed by atoms with Crippen LogP contribution in [0.25, 0.3) is 17.1 Å². The highest BCUT2D eigenvalue weighted by Gasteiger charge is 2.69. The first-order valence-electron chi connectivity index (χ1n) is 10.2. The second-order valence-corrected chi connectivity index (χ2v) is 8.68. The number of rotatable bonds is 6. The van der Waals surface area contributed by atoms with Crippen LogP contribution < -0.4 is 14.8 Å². The predicted molar refractivity (Wildman–Crippen MR) is 117 cm³/mol. The number of nitrogens with one attached hydrogen (secondary N) is 2. The Morgan fingerprint density at radius 3 is 2.47 bits per heavy atom. The fourth-order valence-electron chi connectivity index (χ4n) is 4.90. The molecule has 9 nitrogen and oxygen atoms in total. The van der Waals surface area contributed by atoms with Crippen molar-refractivity contribution in [2.24, 2.45) is 5.41 Å². The van der Waals surface area contributed by atoms with Crippen molar-refractivity contribution in [1.82, 2.24) is 20.2 Å². The number of methoxy groups -OCH3 is 1. The number of aromatic amines is 1. The third kappa shape index (κ3) is 3.02. The monoisotopic (exact) mass is 427 g/mol. The zero-order valence-electron chi connectivity index (χ0n) is 18.0. The van der Waals surface area contributed by atoms with Gasteiger partial charge in [-0.15, -0.1) is 5.10 Å². The second-order valence-electron chi connectivity index (χ2n) is 8.68. The van der Waals surface area contributed by atoms with Gasteiger partial charge in [-0.25, -0.2) is 0 Å². The molecule has 2 heterocycles. The predicted octanol–water partition coefficient (Wildman–Crippen LogP) is 4.17. The van der Waals surface area contributed by atoms with Crippen LogP contribution in [0.3, 0.4) is 0 Å². The van der Waals surface area contributed by atoms with Crippen molar-refractivity contribution < 1.29 is 9.47 Å². The number of hydrogen-bond acceptors (Lipinski definition) is 8. The van der Waals surface area contributed by atoms with Crippen LogP contribution in [0.1, 0.15) is 36.0 Å². The topological polar surface area (TPSA) is 133 Å². The first kappa shape index (κ1) is 19.8. The summed E-state index contributed by atoms with van der Waals surface area (Å²) in [4.78, 5) is 9.20. The van der Waals surface area contributed by atoms with E-state index in [4.69, 9.17) is 14.7 Å². The molecule has 2 N–H and O–H groups in total. The fourth-order valence-corrected chi connectivity index (χ4v) is 4.90. The molecule has 3 fully saturated rings. The summed E-state index contributed by atoms with van der Waals surface area (Å²) < 4.78 is 11.7. The van der Waals surface area contributed by atoms with Gasteiger partial charge in [0.1, 0.15) is 11.1 Å². The van der Waals surface area contributed by atoms with Crippen molar-refractivity contribution in [2.75, 3.05) is 12.4 Å². The third-order valence-electron chi connectivity index (χ3n) is 6.22. The van der Waals surface area contributed by atoms with E-state index >= 15 is 0 Å². The van der Waals surface area contributed by atoms with Crippen LogP contribution in [0.4, 0.5) is 5.95 Å². The number of anilines is 1. The molecular weight excluding hydrogens is 406 g/mol. The number of aryl methyl sites for hydroxylation is 2. The molecule has 1 aromatic carbocycles. The smallest absolute Gasteiger partial charge is 0.247 e. The van der Waals surface area contributed by atoms with Crippen LogP contribution in [-0.2, 0) is 0 Å². The third-order valence-corrected chi connectivity index (χ3v) is 6.22. The van der Waals surface area contributed by atoms with Gasteiger partial charge in [-0.1, -0.05) is 0 Å². The molecule has 3 aromatic rings. The van der Waals surface area contributed by atoms with E-state index in [1.807, 2.05) is 32.0 Å². The molecule has 0 unspecified atom stereocenters. The number of allylic oxidation sites excluding steroid dienone is 1. The van der Waals surface area contributed by atoms with Gasteiger partial charge >= 0.3 is 0 Å². The SMILES string of the molecule is COc1n[nH]c2nc(NC34CC(C#N)(C3)C4)nc(Oc3c(C)cc(/C=C/C#N)cc3C)c12. The number of hydrogen-bond donors (Lipinski definition) is 2. The molecule has 0 spiro atoms. The van der Waals surface area contributed by atoms with Crippen LogP contribution >= 0.6 is 0 Å². The van der Waals surface area contributed by atoms with E-state index in [-0.39, 0.29) is 11.0 Å². The van der Waals surface area contributed by atoms with Crippen LogP contribution in [0.15, 0.2) is 18.2 Å². The van der Waals surface area contributed by atoms with Crippen LogP contribution in [-0.4, -0.2) is 32.8 Å². The van der Waals surface area contributed by atoms with E-state index in [9.17, 15) is 5.26 Å². The minimum absolute atomic E-state index is 0.120. The normalized spacial score (nSPS) is 23.2. The lowest BCUT2D eigenvalue weighted by atomic mass is 9.40. The molecule has 2 bridgehead atoms. The molecule has 3 aliphatic rings. The Kier molecular flexibility index (Phi) is 4.31. The molecule has 9 heteroatoms. The second kappa shape index (κ2) is 6.96. The lowest BCUT2D eigenvalue weighted by Crippen LogP contribution is -2.70. The molecule has 3 saturated carbocycles. The van der Waals surface area contributed by atoms with E-state index in [1.54, 1.807) is 6.08 Å². The Bertz CT molecular complexity index is 1320. The summed E-state index contributed by atoms with van der Waals surface area (Å²) in [6.07, 6.45) is 5.60. The number of H-pyrrole nitrogens is 1. The lowest BCUT2D eigenvalue weighted by molar-refractivity contribution is -0.0665. The minimum Gasteiger partial charge on any atom is -0.479 e. The molecule has 0 aliphatic heterocycles. The standard InChI is InChI=1S/C23H21N7O2/c1-13-7-15(5-4-6-24)8-14(2)17(13)32-19-16-18(29-30-20(16)31-3)26-21(27-19)28-23-9-22(10-23,11-23)12-25/h4-5,7-8H,9-11H2,1-3H3,(H2,26,27,28,29,30)/b5-4+. The van der Waals surface area contributed by atoms with Crippen molar-refractivity contribution in [2.45, 2.75) is 38.6 Å². The van der Waals surface area contributed by atoms with Crippen molar-refractivity contribution in [3.8, 4) is 29.6 Å². The highest BCUT2D eigenvalue weighted by molar-refractivity contribution is 5.87. The van der Waals surface area contributed by atoms with Gasteiger partial charge in [0.15, 0.2) is 5.65 Å². The maximum absolute atomic E-state index is 9.29. The number of nitriles is 2. The summed E-state index contributed by atoms with van der Waals surface area (Å²) in [5.74, 6) is 1.77. The first-order chi connectivity index (χ1) is 15.4. The van der Waals surface area contributed by atoms with E-state index in [0.29, 0.717) is 34.5 Å². The summed E-state index contributed by atoms with van der Waals surface area (Å²) in [5, 5.41) is 29.1. The largest absolute Gasteiger partial charge is 0.479 e. The molecule has 0 atom stereocenters. The highest BCUT2D eigenvalue weighted by Crippen LogP contribution is 2.67. The summed E-state index contributed by atoms with van der Waals surface area (Å²) in [6.45, 7) is 3.89. The lowest BCUT2D eigenvalue weighted by Gasteiger charge is -2.66. The van der Waals surface area contributed by atoms with Crippen LogP contribution in [0, 0.1) is 41.9 Å². The Hall–Kier alpha value is -4.11. The van der Waals surface area contributed by atoms with Crippen molar-refractivity contribution >= 4 is 23.1 Å². The van der Waals surface area contributed by atoms with E-state index in [0.717, 1.165) is 36.0 Å². The summed E-state index contributed by atoms with van der Waals surface area (Å²) >= 11 is 0. The summed E-state index contributed by atoms with van der Waals surface area (Å²) in [5.41, 5.74) is 2.93. The zero-order chi connectivity index (χ0) is 22.5. The Morgan fingerprint density at radius 2 is 1.84 bits per heavy atom. The average Bonchev–Trinajstić information content (AvgIpc) is 3.13. The number of aromatic nitrogens is 4. The van der Waals surface area contributed by atoms with Crippen molar-refractivity contribution in [3.63, 3.8) is 0 Å². The molecular formula is C23H21N7O2. The van der Waals surface area contributed by atoms with Gasteiger partial charge in [-0.3, -0.25) is 5.10 Å². The minimum atomic E-state index is -0.177. The van der Waals surface area contributed by atoms with Gasteiger partial charge in [-0.05, 0) is 68.0 Å². The average molecular weight is 427 g/mol. The maximum atomic E-state index is 9.29. The quantitative estimate of drug-likeness (QED) is 0.560. The molecule has 32 heavy (non-hydrogen) atoms. The Balaban J connectivity index is 1.52. The molecule has 0 saturated heterocycles. The summed E-state index contributed by atoms with van der Waals surface area (Å²) in [7, 11) is 1.53. The molecule has 0 radical (unpaired) electrons.